The van der Waals surface area contributed by atoms with E-state index < -0.39 is 9.69 Å². The highest BCUT2D eigenvalue weighted by Gasteiger charge is 2.29. The lowest BCUT2D eigenvalue weighted by molar-refractivity contribution is 0.276. The molecule has 5 nitrogen and oxygen atoms in total. The molecule has 0 aliphatic carbocycles. The Morgan fingerprint density at radius 3 is 2.73 bits per heavy atom. The predicted octanol–water partition coefficient (Wildman–Crippen LogP) is 5.04. The zero-order valence-corrected chi connectivity index (χ0v) is 16.6. The van der Waals surface area contributed by atoms with Gasteiger partial charge in [-0.25, -0.2) is 4.39 Å². The molecule has 1 aromatic heterocycles. The van der Waals surface area contributed by atoms with E-state index in [1.807, 2.05) is 13.8 Å². The summed E-state index contributed by atoms with van der Waals surface area (Å²) in [6.07, 6.45) is 1.30. The van der Waals surface area contributed by atoms with Crippen molar-refractivity contribution in [1.82, 2.24) is 10.2 Å². The van der Waals surface area contributed by atoms with Crippen LogP contribution in [0, 0.1) is 25.1 Å². The van der Waals surface area contributed by atoms with Gasteiger partial charge in [0.05, 0.1) is 18.0 Å². The molecule has 0 amide bonds. The van der Waals surface area contributed by atoms with Crippen LogP contribution in [0.4, 0.5) is 4.39 Å². The molecule has 0 saturated heterocycles. The number of rotatable bonds is 7. The van der Waals surface area contributed by atoms with E-state index >= 15 is 0 Å². The van der Waals surface area contributed by atoms with Crippen LogP contribution in [0.1, 0.15) is 28.9 Å². The van der Waals surface area contributed by atoms with Gasteiger partial charge in [0.2, 0.25) is 5.90 Å². The standard InChI is InChI=1S/C17H19Cl3FN3O2/c1-10-5-6-13(21)15(8-10)25-7-3-4-12-11(2)23-24-14(12)9-26-16(22)17(18,19)20/h5-6,8,22H,3-4,7,9H2,1-2H3,(H,23,24). The fourth-order valence-electron chi connectivity index (χ4n) is 2.33. The number of aromatic amines is 1. The second kappa shape index (κ2) is 8.93. The maximum Gasteiger partial charge on any atom is 0.265 e. The van der Waals surface area contributed by atoms with Crippen LogP contribution in [0.25, 0.3) is 0 Å². The van der Waals surface area contributed by atoms with Crippen LogP contribution in [0.5, 0.6) is 5.75 Å². The van der Waals surface area contributed by atoms with E-state index in [0.29, 0.717) is 25.1 Å². The third-order valence-electron chi connectivity index (χ3n) is 3.69. The molecule has 0 radical (unpaired) electrons. The smallest absolute Gasteiger partial charge is 0.265 e. The minimum absolute atomic E-state index is 0.0380. The molecule has 0 atom stereocenters. The van der Waals surface area contributed by atoms with Gasteiger partial charge in [-0.05, 0) is 49.9 Å². The van der Waals surface area contributed by atoms with Gasteiger partial charge in [-0.1, -0.05) is 40.9 Å². The van der Waals surface area contributed by atoms with Crippen molar-refractivity contribution in [3.8, 4) is 5.75 Å². The number of nitrogens with one attached hydrogen (secondary N) is 2. The fourth-order valence-corrected chi connectivity index (χ4v) is 2.50. The van der Waals surface area contributed by atoms with Crippen molar-refractivity contribution in [2.45, 2.75) is 37.1 Å². The molecule has 2 N–H and O–H groups in total. The lowest BCUT2D eigenvalue weighted by Gasteiger charge is -2.13. The molecule has 0 aliphatic rings. The minimum atomic E-state index is -1.90. The minimum Gasteiger partial charge on any atom is -0.490 e. The van der Waals surface area contributed by atoms with Gasteiger partial charge in [0, 0.05) is 0 Å². The highest BCUT2D eigenvalue weighted by molar-refractivity contribution is 6.76. The molecular formula is C17H19Cl3FN3O2. The molecule has 9 heteroatoms. The molecule has 142 valence electrons. The number of halogens is 4. The Hall–Kier alpha value is -1.50. The number of nitrogens with zero attached hydrogens (tertiary/aromatic N) is 1. The zero-order valence-electron chi connectivity index (χ0n) is 14.3. The average Bonchev–Trinajstić information content (AvgIpc) is 2.91. The molecule has 0 aliphatic heterocycles. The van der Waals surface area contributed by atoms with Crippen molar-refractivity contribution >= 4 is 40.7 Å². The van der Waals surface area contributed by atoms with Crippen LogP contribution in [0.2, 0.25) is 0 Å². The van der Waals surface area contributed by atoms with Crippen LogP contribution in [-0.4, -0.2) is 26.5 Å². The largest absolute Gasteiger partial charge is 0.490 e. The van der Waals surface area contributed by atoms with E-state index in [-0.39, 0.29) is 18.2 Å². The van der Waals surface area contributed by atoms with Gasteiger partial charge in [0.15, 0.2) is 11.6 Å². The Morgan fingerprint density at radius 2 is 2.04 bits per heavy atom. The molecule has 26 heavy (non-hydrogen) atoms. The van der Waals surface area contributed by atoms with Crippen molar-refractivity contribution in [2.24, 2.45) is 0 Å². The Labute approximate surface area is 166 Å². The maximum atomic E-state index is 13.7. The number of alkyl halides is 3. The molecule has 2 rings (SSSR count). The second-order valence-electron chi connectivity index (χ2n) is 5.77. The van der Waals surface area contributed by atoms with Gasteiger partial charge >= 0.3 is 0 Å². The monoisotopic (exact) mass is 421 g/mol. The first-order valence-electron chi connectivity index (χ1n) is 7.88. The quantitative estimate of drug-likeness (QED) is 0.284. The van der Waals surface area contributed by atoms with Gasteiger partial charge in [-0.15, -0.1) is 0 Å². The Kier molecular flexibility index (Phi) is 7.15. The Morgan fingerprint density at radius 1 is 1.31 bits per heavy atom. The van der Waals surface area contributed by atoms with Crippen LogP contribution >= 0.6 is 34.8 Å². The van der Waals surface area contributed by atoms with Crippen molar-refractivity contribution < 1.29 is 13.9 Å². The average molecular weight is 423 g/mol. The summed E-state index contributed by atoms with van der Waals surface area (Å²) in [6.45, 7) is 4.13. The molecular weight excluding hydrogens is 404 g/mol. The van der Waals surface area contributed by atoms with Crippen molar-refractivity contribution in [3.05, 3.63) is 46.5 Å². The van der Waals surface area contributed by atoms with Gasteiger partial charge < -0.3 is 9.47 Å². The highest BCUT2D eigenvalue weighted by atomic mass is 35.6. The van der Waals surface area contributed by atoms with Crippen LogP contribution in [0.3, 0.4) is 0 Å². The zero-order chi connectivity index (χ0) is 19.3. The topological polar surface area (TPSA) is 71.0 Å². The molecule has 1 heterocycles. The lowest BCUT2D eigenvalue weighted by Crippen LogP contribution is -2.21. The summed E-state index contributed by atoms with van der Waals surface area (Å²) in [5.74, 6) is -0.595. The number of aromatic nitrogens is 2. The molecule has 0 spiro atoms. The van der Waals surface area contributed by atoms with Gasteiger partial charge in [-0.3, -0.25) is 10.5 Å². The summed E-state index contributed by atoms with van der Waals surface area (Å²) in [6, 6.07) is 4.75. The molecule has 0 fully saturated rings. The molecule has 1 aromatic carbocycles. The van der Waals surface area contributed by atoms with E-state index in [9.17, 15) is 4.39 Å². The number of hydrogen-bond acceptors (Lipinski definition) is 4. The van der Waals surface area contributed by atoms with Crippen molar-refractivity contribution in [3.63, 3.8) is 0 Å². The molecule has 2 aromatic rings. The first-order valence-corrected chi connectivity index (χ1v) is 9.02. The number of ether oxygens (including phenoxy) is 2. The van der Waals surface area contributed by atoms with E-state index in [2.05, 4.69) is 10.2 Å². The highest BCUT2D eigenvalue weighted by Crippen LogP contribution is 2.28. The summed E-state index contributed by atoms with van der Waals surface area (Å²) in [4.78, 5) is 0. The Bertz CT molecular complexity index is 775. The third kappa shape index (κ3) is 5.76. The lowest BCUT2D eigenvalue weighted by atomic mass is 10.1. The SMILES string of the molecule is Cc1ccc(F)c(OCCCc2c(C)n[nH]c2COC(=N)C(Cl)(Cl)Cl)c1. The van der Waals surface area contributed by atoms with Gasteiger partial charge in [0.1, 0.15) is 6.61 Å². The van der Waals surface area contributed by atoms with Crippen LogP contribution in [0.15, 0.2) is 18.2 Å². The summed E-state index contributed by atoms with van der Waals surface area (Å²) >= 11 is 16.8. The van der Waals surface area contributed by atoms with Gasteiger partial charge in [-0.2, -0.15) is 5.10 Å². The summed E-state index contributed by atoms with van der Waals surface area (Å²) in [7, 11) is 0. The van der Waals surface area contributed by atoms with E-state index in [0.717, 1.165) is 16.8 Å². The Balaban J connectivity index is 1.89. The summed E-state index contributed by atoms with van der Waals surface area (Å²) < 4.78 is 22.5. The summed E-state index contributed by atoms with van der Waals surface area (Å²) in [5, 5.41) is 14.6. The van der Waals surface area contributed by atoms with Gasteiger partial charge in [0.25, 0.3) is 3.79 Å². The number of aryl methyl sites for hydroxylation is 2. The maximum absolute atomic E-state index is 13.7. The first kappa shape index (κ1) is 20.8. The summed E-state index contributed by atoms with van der Waals surface area (Å²) in [5.41, 5.74) is 3.38. The molecule has 0 bridgehead atoms. The number of H-pyrrole nitrogens is 1. The van der Waals surface area contributed by atoms with E-state index in [4.69, 9.17) is 49.7 Å². The normalized spacial score (nSPS) is 11.5. The van der Waals surface area contributed by atoms with Crippen LogP contribution in [-0.2, 0) is 17.8 Å². The molecule has 0 saturated carbocycles. The number of benzene rings is 1. The number of hydrogen-bond donors (Lipinski definition) is 2. The first-order chi connectivity index (χ1) is 12.2. The van der Waals surface area contributed by atoms with E-state index in [1.165, 1.54) is 6.07 Å². The molecule has 0 unspecified atom stereocenters. The van der Waals surface area contributed by atoms with E-state index in [1.54, 1.807) is 12.1 Å². The third-order valence-corrected chi connectivity index (χ3v) is 4.21. The predicted molar refractivity (Wildman–Crippen MR) is 101 cm³/mol. The van der Waals surface area contributed by atoms with Crippen LogP contribution < -0.4 is 4.74 Å². The van der Waals surface area contributed by atoms with Crippen molar-refractivity contribution in [2.75, 3.05) is 6.61 Å². The fraction of sp³-hybridized carbons (Fsp3) is 0.412. The van der Waals surface area contributed by atoms with Crippen molar-refractivity contribution in [1.29, 1.82) is 5.41 Å². The second-order valence-corrected chi connectivity index (χ2v) is 8.05.